The standard InChI is InChI=1S/C15H17N3O3/c1-11(2)7-8-17-9-13(10-19)15(16-17)12-3-5-14(6-4-12)18(20)21/h3-6,9-11H,7-8H2,1-2H3. The zero-order chi connectivity index (χ0) is 15.4. The minimum absolute atomic E-state index is 0.0191. The van der Waals surface area contributed by atoms with E-state index in [1.807, 2.05) is 0 Å². The first-order chi connectivity index (χ1) is 10.0. The Morgan fingerprint density at radius 1 is 1.33 bits per heavy atom. The van der Waals surface area contributed by atoms with Crippen molar-refractivity contribution < 1.29 is 9.72 Å². The number of carbonyl (C=O) groups is 1. The van der Waals surface area contributed by atoms with E-state index in [0.29, 0.717) is 22.7 Å². The number of hydrogen-bond acceptors (Lipinski definition) is 4. The molecule has 1 aromatic carbocycles. The number of nitro benzene ring substituents is 1. The molecular weight excluding hydrogens is 270 g/mol. The molecule has 0 spiro atoms. The lowest BCUT2D eigenvalue weighted by Gasteiger charge is -2.04. The third-order valence-corrected chi connectivity index (χ3v) is 3.20. The van der Waals surface area contributed by atoms with Gasteiger partial charge < -0.3 is 0 Å². The topological polar surface area (TPSA) is 78.0 Å². The van der Waals surface area contributed by atoms with Gasteiger partial charge in [0.25, 0.3) is 5.69 Å². The van der Waals surface area contributed by atoms with Crippen LogP contribution in [0.2, 0.25) is 0 Å². The molecule has 1 heterocycles. The second-order valence-corrected chi connectivity index (χ2v) is 5.30. The van der Waals surface area contributed by atoms with Gasteiger partial charge in [-0.15, -0.1) is 0 Å². The first kappa shape index (κ1) is 14.9. The smallest absolute Gasteiger partial charge is 0.269 e. The highest BCUT2D eigenvalue weighted by Gasteiger charge is 2.12. The van der Waals surface area contributed by atoms with Crippen molar-refractivity contribution in [3.63, 3.8) is 0 Å². The number of benzene rings is 1. The Bertz CT molecular complexity index is 645. The van der Waals surface area contributed by atoms with Crippen LogP contribution in [-0.4, -0.2) is 21.0 Å². The van der Waals surface area contributed by atoms with Crippen molar-refractivity contribution in [2.75, 3.05) is 0 Å². The van der Waals surface area contributed by atoms with Crippen molar-refractivity contribution in [3.8, 4) is 11.3 Å². The fourth-order valence-corrected chi connectivity index (χ4v) is 1.99. The van der Waals surface area contributed by atoms with Gasteiger partial charge in [-0.1, -0.05) is 13.8 Å². The Balaban J connectivity index is 2.29. The second-order valence-electron chi connectivity index (χ2n) is 5.30. The summed E-state index contributed by atoms with van der Waals surface area (Å²) in [5.74, 6) is 0.553. The lowest BCUT2D eigenvalue weighted by Crippen LogP contribution is -2.02. The molecule has 21 heavy (non-hydrogen) atoms. The van der Waals surface area contributed by atoms with Gasteiger partial charge in [0.05, 0.1) is 10.5 Å². The van der Waals surface area contributed by atoms with Crippen LogP contribution in [0, 0.1) is 16.0 Å². The Morgan fingerprint density at radius 2 is 2.00 bits per heavy atom. The molecule has 2 aromatic rings. The molecule has 110 valence electrons. The minimum atomic E-state index is -0.453. The van der Waals surface area contributed by atoms with Crippen LogP contribution in [0.4, 0.5) is 5.69 Å². The molecule has 0 aliphatic carbocycles. The normalized spacial score (nSPS) is 10.8. The molecule has 0 N–H and O–H groups in total. The van der Waals surface area contributed by atoms with Crippen LogP contribution in [0.3, 0.4) is 0 Å². The molecule has 0 aliphatic heterocycles. The zero-order valence-corrected chi connectivity index (χ0v) is 12.0. The molecule has 0 bridgehead atoms. The molecule has 0 fully saturated rings. The molecule has 0 amide bonds. The van der Waals surface area contributed by atoms with Gasteiger partial charge in [0, 0.05) is 30.4 Å². The highest BCUT2D eigenvalue weighted by Crippen LogP contribution is 2.23. The van der Waals surface area contributed by atoms with Crippen LogP contribution in [0.1, 0.15) is 30.6 Å². The Hall–Kier alpha value is -2.50. The number of carbonyl (C=O) groups excluding carboxylic acids is 1. The molecule has 6 nitrogen and oxygen atoms in total. The number of rotatable bonds is 6. The Labute approximate surface area is 122 Å². The lowest BCUT2D eigenvalue weighted by atomic mass is 10.1. The summed E-state index contributed by atoms with van der Waals surface area (Å²) >= 11 is 0. The summed E-state index contributed by atoms with van der Waals surface area (Å²) in [6.45, 7) is 4.99. The summed E-state index contributed by atoms with van der Waals surface area (Å²) in [7, 11) is 0. The predicted molar refractivity (Wildman–Crippen MR) is 79.2 cm³/mol. The van der Waals surface area contributed by atoms with E-state index in [-0.39, 0.29) is 5.69 Å². The molecule has 0 unspecified atom stereocenters. The van der Waals surface area contributed by atoms with E-state index >= 15 is 0 Å². The summed E-state index contributed by atoms with van der Waals surface area (Å²) in [5, 5.41) is 15.1. The van der Waals surface area contributed by atoms with E-state index in [2.05, 4.69) is 18.9 Å². The van der Waals surface area contributed by atoms with Crippen molar-refractivity contribution >= 4 is 12.0 Å². The molecule has 0 radical (unpaired) electrons. The van der Waals surface area contributed by atoms with Gasteiger partial charge in [-0.25, -0.2) is 0 Å². The number of non-ortho nitro benzene ring substituents is 1. The van der Waals surface area contributed by atoms with Crippen molar-refractivity contribution in [1.82, 2.24) is 9.78 Å². The molecule has 0 aliphatic rings. The van der Waals surface area contributed by atoms with Crippen molar-refractivity contribution in [1.29, 1.82) is 0 Å². The van der Waals surface area contributed by atoms with Gasteiger partial charge in [-0.3, -0.25) is 19.6 Å². The third kappa shape index (κ3) is 3.53. The molecule has 6 heteroatoms. The van der Waals surface area contributed by atoms with E-state index in [4.69, 9.17) is 0 Å². The number of aromatic nitrogens is 2. The van der Waals surface area contributed by atoms with Gasteiger partial charge in [-0.2, -0.15) is 5.10 Å². The van der Waals surface area contributed by atoms with Gasteiger partial charge in [-0.05, 0) is 24.5 Å². The van der Waals surface area contributed by atoms with Gasteiger partial charge in [0.2, 0.25) is 0 Å². The van der Waals surface area contributed by atoms with E-state index in [1.54, 1.807) is 23.0 Å². The summed E-state index contributed by atoms with van der Waals surface area (Å²) in [5.41, 5.74) is 1.77. The monoisotopic (exact) mass is 287 g/mol. The van der Waals surface area contributed by atoms with Gasteiger partial charge in [0.1, 0.15) is 5.69 Å². The van der Waals surface area contributed by atoms with Crippen LogP contribution >= 0.6 is 0 Å². The molecule has 2 rings (SSSR count). The Morgan fingerprint density at radius 3 is 2.52 bits per heavy atom. The van der Waals surface area contributed by atoms with Crippen LogP contribution in [0.25, 0.3) is 11.3 Å². The van der Waals surface area contributed by atoms with Gasteiger partial charge >= 0.3 is 0 Å². The van der Waals surface area contributed by atoms with Crippen molar-refractivity contribution in [3.05, 3.63) is 46.1 Å². The summed E-state index contributed by atoms with van der Waals surface area (Å²) in [6, 6.07) is 6.05. The van der Waals surface area contributed by atoms with E-state index in [9.17, 15) is 14.9 Å². The number of aryl methyl sites for hydroxylation is 1. The fourth-order valence-electron chi connectivity index (χ4n) is 1.99. The van der Waals surface area contributed by atoms with Crippen LogP contribution in [-0.2, 0) is 6.54 Å². The first-order valence-electron chi connectivity index (χ1n) is 6.78. The Kier molecular flexibility index (Phi) is 4.47. The van der Waals surface area contributed by atoms with E-state index < -0.39 is 4.92 Å². The molecule has 0 atom stereocenters. The largest absolute Gasteiger partial charge is 0.298 e. The third-order valence-electron chi connectivity index (χ3n) is 3.20. The molecular formula is C15H17N3O3. The highest BCUT2D eigenvalue weighted by atomic mass is 16.6. The molecule has 1 aromatic heterocycles. The summed E-state index contributed by atoms with van der Waals surface area (Å²) in [6.07, 6.45) is 3.45. The quantitative estimate of drug-likeness (QED) is 0.464. The van der Waals surface area contributed by atoms with Crippen molar-refractivity contribution in [2.45, 2.75) is 26.8 Å². The average molecular weight is 287 g/mol. The fraction of sp³-hybridized carbons (Fsp3) is 0.333. The summed E-state index contributed by atoms with van der Waals surface area (Å²) < 4.78 is 1.75. The number of nitro groups is 1. The maximum atomic E-state index is 11.2. The SMILES string of the molecule is CC(C)CCn1cc(C=O)c(-c2ccc([N+](=O)[O-])cc2)n1. The zero-order valence-electron chi connectivity index (χ0n) is 12.0. The highest BCUT2D eigenvalue weighted by molar-refractivity contribution is 5.85. The second kappa shape index (κ2) is 6.30. The molecule has 0 saturated heterocycles. The first-order valence-corrected chi connectivity index (χ1v) is 6.78. The number of hydrogen-bond donors (Lipinski definition) is 0. The lowest BCUT2D eigenvalue weighted by molar-refractivity contribution is -0.384. The predicted octanol–water partition coefficient (Wildman–Crippen LogP) is 3.32. The minimum Gasteiger partial charge on any atom is -0.298 e. The maximum Gasteiger partial charge on any atom is 0.269 e. The number of nitrogens with zero attached hydrogens (tertiary/aromatic N) is 3. The van der Waals surface area contributed by atoms with Crippen LogP contribution < -0.4 is 0 Å². The van der Waals surface area contributed by atoms with E-state index in [0.717, 1.165) is 19.3 Å². The van der Waals surface area contributed by atoms with E-state index in [1.165, 1.54) is 12.1 Å². The van der Waals surface area contributed by atoms with Gasteiger partial charge in [0.15, 0.2) is 6.29 Å². The number of aldehydes is 1. The van der Waals surface area contributed by atoms with Crippen LogP contribution in [0.15, 0.2) is 30.5 Å². The maximum absolute atomic E-state index is 11.2. The van der Waals surface area contributed by atoms with Crippen LogP contribution in [0.5, 0.6) is 0 Å². The van der Waals surface area contributed by atoms with Crippen molar-refractivity contribution in [2.24, 2.45) is 5.92 Å². The average Bonchev–Trinajstić information content (AvgIpc) is 2.88. The summed E-state index contributed by atoms with van der Waals surface area (Å²) in [4.78, 5) is 21.4. The molecule has 0 saturated carbocycles.